The number of hydrogen-bond acceptors (Lipinski definition) is 1. The van der Waals surface area contributed by atoms with Crippen molar-refractivity contribution in [2.24, 2.45) is 5.92 Å². The molecule has 0 N–H and O–H groups in total. The fourth-order valence-electron chi connectivity index (χ4n) is 2.14. The van der Waals surface area contributed by atoms with E-state index in [4.69, 9.17) is 11.6 Å². The first kappa shape index (κ1) is 14.4. The number of alkyl halides is 1. The second-order valence-corrected chi connectivity index (χ2v) is 7.13. The van der Waals surface area contributed by atoms with Crippen molar-refractivity contribution in [3.05, 3.63) is 32.7 Å². The van der Waals surface area contributed by atoms with E-state index in [1.165, 1.54) is 0 Å². The van der Waals surface area contributed by atoms with Crippen LogP contribution in [0.2, 0.25) is 0 Å². The lowest BCUT2D eigenvalue weighted by Gasteiger charge is -2.34. The SMILES string of the molecule is CN(CC1CC(Cl)C1)C(=O)c1ccc(Br)cc1Br. The Morgan fingerprint density at radius 1 is 1.44 bits per heavy atom. The van der Waals surface area contributed by atoms with E-state index in [0.29, 0.717) is 16.9 Å². The van der Waals surface area contributed by atoms with E-state index in [1.807, 2.05) is 25.2 Å². The molecule has 1 aromatic carbocycles. The smallest absolute Gasteiger partial charge is 0.254 e. The van der Waals surface area contributed by atoms with Gasteiger partial charge in [-0.3, -0.25) is 4.79 Å². The molecular weight excluding hydrogens is 381 g/mol. The molecular formula is C13H14Br2ClNO. The Bertz CT molecular complexity index is 460. The van der Waals surface area contributed by atoms with Crippen molar-refractivity contribution in [3.63, 3.8) is 0 Å². The van der Waals surface area contributed by atoms with Crippen LogP contribution in [0.5, 0.6) is 0 Å². The molecule has 0 bridgehead atoms. The van der Waals surface area contributed by atoms with Crippen LogP contribution in [0.25, 0.3) is 0 Å². The third-order valence-corrected chi connectivity index (χ3v) is 4.72. The van der Waals surface area contributed by atoms with Crippen molar-refractivity contribution in [2.45, 2.75) is 18.2 Å². The summed E-state index contributed by atoms with van der Waals surface area (Å²) in [5.41, 5.74) is 0.697. The summed E-state index contributed by atoms with van der Waals surface area (Å²) in [6.07, 6.45) is 2.03. The van der Waals surface area contributed by atoms with Gasteiger partial charge in [0.1, 0.15) is 0 Å². The molecule has 1 saturated carbocycles. The van der Waals surface area contributed by atoms with Gasteiger partial charge in [0.2, 0.25) is 0 Å². The van der Waals surface area contributed by atoms with Gasteiger partial charge < -0.3 is 4.90 Å². The largest absolute Gasteiger partial charge is 0.341 e. The van der Waals surface area contributed by atoms with E-state index < -0.39 is 0 Å². The van der Waals surface area contributed by atoms with Gasteiger partial charge in [0.05, 0.1) is 5.56 Å². The van der Waals surface area contributed by atoms with Gasteiger partial charge in [-0.1, -0.05) is 15.9 Å². The lowest BCUT2D eigenvalue weighted by molar-refractivity contribution is 0.0746. The fraction of sp³-hybridized carbons (Fsp3) is 0.462. The molecule has 1 aliphatic rings. The molecule has 1 aliphatic carbocycles. The summed E-state index contributed by atoms with van der Waals surface area (Å²) >= 11 is 12.8. The topological polar surface area (TPSA) is 20.3 Å². The van der Waals surface area contributed by atoms with Crippen molar-refractivity contribution in [1.82, 2.24) is 4.90 Å². The summed E-state index contributed by atoms with van der Waals surface area (Å²) < 4.78 is 1.77. The number of rotatable bonds is 3. The van der Waals surface area contributed by atoms with Crippen molar-refractivity contribution in [2.75, 3.05) is 13.6 Å². The van der Waals surface area contributed by atoms with Crippen LogP contribution < -0.4 is 0 Å². The summed E-state index contributed by atoms with van der Waals surface area (Å²) in [6, 6.07) is 5.60. The molecule has 0 aliphatic heterocycles. The first-order chi connectivity index (χ1) is 8.47. The molecule has 18 heavy (non-hydrogen) atoms. The van der Waals surface area contributed by atoms with Crippen LogP contribution >= 0.6 is 43.5 Å². The van der Waals surface area contributed by atoms with Crippen molar-refractivity contribution in [3.8, 4) is 0 Å². The lowest BCUT2D eigenvalue weighted by atomic mass is 9.84. The van der Waals surface area contributed by atoms with Crippen molar-refractivity contribution >= 4 is 49.4 Å². The van der Waals surface area contributed by atoms with Crippen LogP contribution in [-0.4, -0.2) is 29.8 Å². The molecule has 2 rings (SSSR count). The Balaban J connectivity index is 2.01. The van der Waals surface area contributed by atoms with E-state index >= 15 is 0 Å². The monoisotopic (exact) mass is 393 g/mol. The number of halogens is 3. The molecule has 0 atom stereocenters. The summed E-state index contributed by atoms with van der Waals surface area (Å²) in [5, 5.41) is 0.304. The lowest BCUT2D eigenvalue weighted by Crippen LogP contribution is -2.38. The minimum atomic E-state index is 0.0485. The maximum absolute atomic E-state index is 12.3. The summed E-state index contributed by atoms with van der Waals surface area (Å²) in [4.78, 5) is 14.1. The van der Waals surface area contributed by atoms with Gasteiger partial charge in [-0.25, -0.2) is 0 Å². The average molecular weight is 396 g/mol. The van der Waals surface area contributed by atoms with Crippen molar-refractivity contribution in [1.29, 1.82) is 0 Å². The Hall–Kier alpha value is -0.0600. The zero-order chi connectivity index (χ0) is 13.3. The highest BCUT2D eigenvalue weighted by molar-refractivity contribution is 9.11. The second kappa shape index (κ2) is 5.93. The second-order valence-electron chi connectivity index (χ2n) is 4.74. The molecule has 0 spiro atoms. The number of hydrogen-bond donors (Lipinski definition) is 0. The summed E-state index contributed by atoms with van der Waals surface area (Å²) in [7, 11) is 1.85. The van der Waals surface area contributed by atoms with E-state index in [-0.39, 0.29) is 5.91 Å². The zero-order valence-corrected chi connectivity index (χ0v) is 13.9. The van der Waals surface area contributed by atoms with E-state index in [2.05, 4.69) is 31.9 Å². The standard InChI is InChI=1S/C13H14Br2ClNO/c1-17(7-8-4-10(16)5-8)13(18)11-3-2-9(14)6-12(11)15/h2-3,6,8,10H,4-5,7H2,1H3. The number of amides is 1. The molecule has 0 radical (unpaired) electrons. The molecule has 5 heteroatoms. The maximum Gasteiger partial charge on any atom is 0.254 e. The van der Waals surface area contributed by atoms with E-state index in [0.717, 1.165) is 28.3 Å². The number of carbonyl (C=O) groups excluding carboxylic acids is 1. The molecule has 1 aromatic rings. The molecule has 0 saturated heterocycles. The first-order valence-electron chi connectivity index (χ1n) is 5.82. The zero-order valence-electron chi connectivity index (χ0n) is 10.00. The van der Waals surface area contributed by atoms with Gasteiger partial charge in [0.25, 0.3) is 5.91 Å². The Morgan fingerprint density at radius 2 is 2.11 bits per heavy atom. The van der Waals surface area contributed by atoms with Crippen LogP contribution in [-0.2, 0) is 0 Å². The Morgan fingerprint density at radius 3 is 2.67 bits per heavy atom. The third-order valence-electron chi connectivity index (χ3n) is 3.22. The predicted octanol–water partition coefficient (Wildman–Crippen LogP) is 4.30. The van der Waals surface area contributed by atoms with E-state index in [1.54, 1.807) is 4.90 Å². The maximum atomic E-state index is 12.3. The molecule has 2 nitrogen and oxygen atoms in total. The van der Waals surface area contributed by atoms with Gasteiger partial charge >= 0.3 is 0 Å². The Kier molecular flexibility index (Phi) is 4.73. The van der Waals surface area contributed by atoms with Gasteiger partial charge in [-0.15, -0.1) is 11.6 Å². The van der Waals surface area contributed by atoms with E-state index in [9.17, 15) is 4.79 Å². The summed E-state index contributed by atoms with van der Waals surface area (Å²) in [5.74, 6) is 0.600. The molecule has 1 amide bonds. The van der Waals surface area contributed by atoms with Crippen LogP contribution in [0.15, 0.2) is 27.1 Å². The fourth-order valence-corrected chi connectivity index (χ4v) is 3.86. The van der Waals surface area contributed by atoms with Crippen LogP contribution in [0, 0.1) is 5.92 Å². The van der Waals surface area contributed by atoms with Crippen LogP contribution in [0.3, 0.4) is 0 Å². The predicted molar refractivity (Wildman–Crippen MR) is 81.2 cm³/mol. The molecule has 1 fully saturated rings. The summed E-state index contributed by atoms with van der Waals surface area (Å²) in [6.45, 7) is 0.782. The highest BCUT2D eigenvalue weighted by Crippen LogP contribution is 2.32. The van der Waals surface area contributed by atoms with Crippen LogP contribution in [0.1, 0.15) is 23.2 Å². The van der Waals surface area contributed by atoms with Gasteiger partial charge in [0, 0.05) is 27.9 Å². The quantitative estimate of drug-likeness (QED) is 0.699. The molecule has 0 aromatic heterocycles. The van der Waals surface area contributed by atoms with Crippen LogP contribution in [0.4, 0.5) is 0 Å². The third kappa shape index (κ3) is 3.28. The van der Waals surface area contributed by atoms with Gasteiger partial charge in [-0.2, -0.15) is 0 Å². The molecule has 0 unspecified atom stereocenters. The van der Waals surface area contributed by atoms with Gasteiger partial charge in [0.15, 0.2) is 0 Å². The first-order valence-corrected chi connectivity index (χ1v) is 7.84. The van der Waals surface area contributed by atoms with Gasteiger partial charge in [-0.05, 0) is 52.9 Å². The minimum absolute atomic E-state index is 0.0485. The minimum Gasteiger partial charge on any atom is -0.341 e. The number of benzene rings is 1. The number of nitrogens with zero attached hydrogens (tertiary/aromatic N) is 1. The normalized spacial score (nSPS) is 22.4. The Labute approximate surface area is 129 Å². The molecule has 98 valence electrons. The molecule has 0 heterocycles. The van der Waals surface area contributed by atoms with Crippen molar-refractivity contribution < 1.29 is 4.79 Å². The number of carbonyl (C=O) groups is 1. The average Bonchev–Trinajstić information content (AvgIpc) is 2.26. The highest BCUT2D eigenvalue weighted by atomic mass is 79.9. The highest BCUT2D eigenvalue weighted by Gasteiger charge is 2.29.